The summed E-state index contributed by atoms with van der Waals surface area (Å²) in [6.07, 6.45) is 73.9. The predicted molar refractivity (Wildman–Crippen MR) is 307 cm³/mol. The summed E-state index contributed by atoms with van der Waals surface area (Å²) in [7, 11) is 0. The van der Waals surface area contributed by atoms with Gasteiger partial charge in [0.25, 0.3) is 0 Å². The molecule has 1 atom stereocenters. The van der Waals surface area contributed by atoms with Gasteiger partial charge in [-0.2, -0.15) is 0 Å². The predicted octanol–water partition coefficient (Wildman–Crippen LogP) is 21.0. The summed E-state index contributed by atoms with van der Waals surface area (Å²) >= 11 is 0. The number of carbonyl (C=O) groups excluding carboxylic acids is 3. The third-order valence-electron chi connectivity index (χ3n) is 13.8. The largest absolute Gasteiger partial charge is 0.462 e. The molecule has 0 rings (SSSR count). The zero-order chi connectivity index (χ0) is 51.4. The van der Waals surface area contributed by atoms with Crippen LogP contribution in [0.1, 0.15) is 329 Å². The molecular weight excluding hydrogens is 877 g/mol. The number of hydrogen-bond donors (Lipinski definition) is 0. The second-order valence-corrected chi connectivity index (χ2v) is 20.9. The van der Waals surface area contributed by atoms with Crippen LogP contribution in [0.25, 0.3) is 0 Å². The molecule has 6 heteroatoms. The summed E-state index contributed by atoms with van der Waals surface area (Å²) in [6.45, 7) is 6.56. The van der Waals surface area contributed by atoms with Gasteiger partial charge in [0.15, 0.2) is 6.10 Å². The fourth-order valence-corrected chi connectivity index (χ4v) is 9.16. The van der Waals surface area contributed by atoms with Gasteiger partial charge in [-0.15, -0.1) is 0 Å². The van der Waals surface area contributed by atoms with Crippen LogP contribution in [0.15, 0.2) is 48.6 Å². The van der Waals surface area contributed by atoms with Crippen LogP contribution in [-0.4, -0.2) is 37.2 Å². The van der Waals surface area contributed by atoms with E-state index in [1.165, 1.54) is 212 Å². The summed E-state index contributed by atoms with van der Waals surface area (Å²) in [5.74, 6) is -0.862. The Morgan fingerprint density at radius 1 is 0.296 bits per heavy atom. The lowest BCUT2D eigenvalue weighted by molar-refractivity contribution is -0.167. The summed E-state index contributed by atoms with van der Waals surface area (Å²) in [5, 5.41) is 0. The van der Waals surface area contributed by atoms with E-state index in [1.807, 2.05) is 0 Å². The van der Waals surface area contributed by atoms with Crippen LogP contribution in [0.5, 0.6) is 0 Å². The number of esters is 3. The van der Waals surface area contributed by atoms with Crippen molar-refractivity contribution in [3.05, 3.63) is 48.6 Å². The highest BCUT2D eigenvalue weighted by molar-refractivity contribution is 5.71. The minimum Gasteiger partial charge on any atom is -0.462 e. The first-order chi connectivity index (χ1) is 35.0. The van der Waals surface area contributed by atoms with Crippen LogP contribution in [0.2, 0.25) is 0 Å². The first kappa shape index (κ1) is 68.4. The standard InChI is InChI=1S/C65H118O6/c1-4-7-10-13-16-19-22-25-28-30-32-34-37-40-43-46-49-52-55-58-64(67)70-61-62(60-69-63(66)57-54-51-48-45-42-39-36-27-24-21-18-15-12-9-6-3)71-65(68)59-56-53-50-47-44-41-38-35-33-31-29-26-23-20-17-14-11-8-5-2/h7,10,16,19,21,24-25,28,62H,4-6,8-9,11-15,17-18,20,22-23,26-27,29-61H2,1-3H3/b10-7-,19-16-,24-21-,28-25-. The fraction of sp³-hybridized carbons (Fsp3) is 0.831. The van der Waals surface area contributed by atoms with Crippen LogP contribution in [0, 0.1) is 0 Å². The number of carbonyl (C=O) groups is 3. The summed E-state index contributed by atoms with van der Waals surface area (Å²) < 4.78 is 16.9. The molecule has 0 aromatic carbocycles. The van der Waals surface area contributed by atoms with Gasteiger partial charge >= 0.3 is 17.9 Å². The Kier molecular flexibility index (Phi) is 57.7. The van der Waals surface area contributed by atoms with Gasteiger partial charge in [0.2, 0.25) is 0 Å². The van der Waals surface area contributed by atoms with E-state index in [4.69, 9.17) is 14.2 Å². The highest BCUT2D eigenvalue weighted by atomic mass is 16.6. The van der Waals surface area contributed by atoms with E-state index < -0.39 is 6.10 Å². The molecule has 71 heavy (non-hydrogen) atoms. The van der Waals surface area contributed by atoms with Gasteiger partial charge in [0.1, 0.15) is 13.2 Å². The summed E-state index contributed by atoms with van der Waals surface area (Å²) in [6, 6.07) is 0. The molecule has 0 saturated heterocycles. The minimum atomic E-state index is -0.775. The van der Waals surface area contributed by atoms with E-state index in [1.54, 1.807) is 0 Å². The number of ether oxygens (including phenoxy) is 3. The second kappa shape index (κ2) is 59.9. The van der Waals surface area contributed by atoms with Crippen molar-refractivity contribution in [2.24, 2.45) is 0 Å². The lowest BCUT2D eigenvalue weighted by Crippen LogP contribution is -2.30. The quantitative estimate of drug-likeness (QED) is 0.0261. The fourth-order valence-electron chi connectivity index (χ4n) is 9.16. The van der Waals surface area contributed by atoms with Gasteiger partial charge < -0.3 is 14.2 Å². The molecule has 0 aliphatic heterocycles. The third kappa shape index (κ3) is 58.1. The first-order valence-electron chi connectivity index (χ1n) is 31.1. The van der Waals surface area contributed by atoms with Gasteiger partial charge in [0, 0.05) is 19.3 Å². The second-order valence-electron chi connectivity index (χ2n) is 20.9. The summed E-state index contributed by atoms with van der Waals surface area (Å²) in [5.41, 5.74) is 0. The van der Waals surface area contributed by atoms with Gasteiger partial charge in [-0.05, 0) is 77.0 Å². The monoisotopic (exact) mass is 995 g/mol. The third-order valence-corrected chi connectivity index (χ3v) is 13.8. The van der Waals surface area contributed by atoms with Crippen molar-refractivity contribution in [2.45, 2.75) is 335 Å². The van der Waals surface area contributed by atoms with Gasteiger partial charge in [-0.1, -0.05) is 281 Å². The molecule has 6 nitrogen and oxygen atoms in total. The normalized spacial score (nSPS) is 12.3. The average molecular weight is 996 g/mol. The Morgan fingerprint density at radius 2 is 0.549 bits per heavy atom. The number of allylic oxidation sites excluding steroid dienone is 8. The maximum Gasteiger partial charge on any atom is 0.306 e. The lowest BCUT2D eigenvalue weighted by Gasteiger charge is -2.18. The summed E-state index contributed by atoms with van der Waals surface area (Å²) in [4.78, 5) is 38.3. The van der Waals surface area contributed by atoms with E-state index in [0.717, 1.165) is 77.0 Å². The van der Waals surface area contributed by atoms with E-state index in [9.17, 15) is 14.4 Å². The van der Waals surface area contributed by atoms with Crippen LogP contribution in [0.3, 0.4) is 0 Å². The zero-order valence-corrected chi connectivity index (χ0v) is 47.5. The number of unbranched alkanes of at least 4 members (excludes halogenated alkanes) is 38. The molecule has 0 fully saturated rings. The van der Waals surface area contributed by atoms with E-state index >= 15 is 0 Å². The maximum atomic E-state index is 12.9. The van der Waals surface area contributed by atoms with Gasteiger partial charge in [-0.25, -0.2) is 0 Å². The van der Waals surface area contributed by atoms with Crippen molar-refractivity contribution in [3.8, 4) is 0 Å². The van der Waals surface area contributed by atoms with Crippen molar-refractivity contribution in [3.63, 3.8) is 0 Å². The molecule has 0 bridgehead atoms. The molecule has 0 aliphatic rings. The topological polar surface area (TPSA) is 78.9 Å². The van der Waals surface area contributed by atoms with Crippen LogP contribution in [-0.2, 0) is 28.6 Å². The maximum absolute atomic E-state index is 12.9. The lowest BCUT2D eigenvalue weighted by atomic mass is 10.0. The van der Waals surface area contributed by atoms with Gasteiger partial charge in [0.05, 0.1) is 0 Å². The Bertz CT molecular complexity index is 1230. The molecule has 1 unspecified atom stereocenters. The minimum absolute atomic E-state index is 0.0735. The molecule has 0 N–H and O–H groups in total. The Labute approximate surface area is 441 Å². The van der Waals surface area contributed by atoms with Crippen molar-refractivity contribution < 1.29 is 28.6 Å². The number of hydrogen-bond acceptors (Lipinski definition) is 6. The van der Waals surface area contributed by atoms with Gasteiger partial charge in [-0.3, -0.25) is 14.4 Å². The van der Waals surface area contributed by atoms with Crippen LogP contribution in [0.4, 0.5) is 0 Å². The molecule has 0 aromatic heterocycles. The molecule has 0 amide bonds. The first-order valence-corrected chi connectivity index (χ1v) is 31.1. The highest BCUT2D eigenvalue weighted by Crippen LogP contribution is 2.17. The SMILES string of the molecule is CC/C=C\C/C=C\C/C=C\CCCCCCCCCCCC(=O)OCC(COC(=O)CCCCCCCCC/C=C\CCCCCC)OC(=O)CCCCCCCCCCCCCCCCCCCCC. The zero-order valence-electron chi connectivity index (χ0n) is 47.5. The van der Waals surface area contributed by atoms with Crippen molar-refractivity contribution >= 4 is 17.9 Å². The van der Waals surface area contributed by atoms with Crippen molar-refractivity contribution in [1.82, 2.24) is 0 Å². The molecule has 0 radical (unpaired) electrons. The Balaban J connectivity index is 4.34. The molecule has 0 aliphatic carbocycles. The van der Waals surface area contributed by atoms with Crippen molar-refractivity contribution in [1.29, 1.82) is 0 Å². The molecule has 0 saturated carbocycles. The Hall–Kier alpha value is -2.63. The molecule has 0 aromatic rings. The van der Waals surface area contributed by atoms with Crippen molar-refractivity contribution in [2.75, 3.05) is 13.2 Å². The molecule has 0 heterocycles. The average Bonchev–Trinajstić information content (AvgIpc) is 3.37. The van der Waals surface area contributed by atoms with E-state index in [0.29, 0.717) is 19.3 Å². The van der Waals surface area contributed by atoms with E-state index in [2.05, 4.69) is 69.4 Å². The Morgan fingerprint density at radius 3 is 0.887 bits per heavy atom. The van der Waals surface area contributed by atoms with E-state index in [-0.39, 0.29) is 31.1 Å². The highest BCUT2D eigenvalue weighted by Gasteiger charge is 2.19. The van der Waals surface area contributed by atoms with Crippen LogP contribution >= 0.6 is 0 Å². The molecular formula is C65H118O6. The smallest absolute Gasteiger partial charge is 0.306 e. The molecule has 0 spiro atoms. The number of rotatable bonds is 57. The van der Waals surface area contributed by atoms with Crippen LogP contribution < -0.4 is 0 Å². The molecule has 414 valence electrons.